The summed E-state index contributed by atoms with van der Waals surface area (Å²) >= 11 is 1.85. The summed E-state index contributed by atoms with van der Waals surface area (Å²) in [6.07, 6.45) is 0. The van der Waals surface area contributed by atoms with Crippen LogP contribution in [0.4, 0.5) is 11.4 Å². The highest BCUT2D eigenvalue weighted by Gasteiger charge is 2.57. The molecule has 2 aliphatic rings. The van der Waals surface area contributed by atoms with Crippen molar-refractivity contribution in [3.8, 4) is 11.5 Å². The molecule has 3 heterocycles. The standard InChI is InChI=1S/C32H28N4O10S3/c1-3-46-31(41)16-4-9-19(10-5-16)36-28(39)25-24(17-6-13-21(37)22(14-17)45-2)27-30(47-26(25)29(36)40)35(32(42)48-27)15-23(38)34-18-7-11-20(12-8-18)49(33,43)44/h4-14,24-26,37H,3,15H2,1-2H3,(H,34,38)(H2,33,43,44). The fraction of sp³-hybridized carbons (Fsp3) is 0.219. The predicted octanol–water partition coefficient (Wildman–Crippen LogP) is 2.88. The number of ether oxygens (including phenoxy) is 2. The van der Waals surface area contributed by atoms with Crippen LogP contribution < -0.4 is 25.0 Å². The Balaban J connectivity index is 1.37. The number of fused-ring (bicyclic) bond motifs is 2. The number of hydrogen-bond acceptors (Lipinski definition) is 12. The van der Waals surface area contributed by atoms with E-state index in [1.165, 1.54) is 72.3 Å². The number of aromatic nitrogens is 1. The van der Waals surface area contributed by atoms with E-state index in [-0.39, 0.29) is 39.9 Å². The number of phenols is 1. The molecule has 0 aliphatic carbocycles. The van der Waals surface area contributed by atoms with Crippen molar-refractivity contribution in [1.29, 1.82) is 0 Å². The van der Waals surface area contributed by atoms with E-state index in [1.54, 1.807) is 13.0 Å². The van der Waals surface area contributed by atoms with E-state index in [2.05, 4.69) is 5.32 Å². The summed E-state index contributed by atoms with van der Waals surface area (Å²) in [6.45, 7) is 1.41. The van der Waals surface area contributed by atoms with Crippen LogP contribution in [0.3, 0.4) is 0 Å². The molecule has 1 fully saturated rings. The van der Waals surface area contributed by atoms with Gasteiger partial charge in [0.2, 0.25) is 27.7 Å². The number of sulfonamides is 1. The van der Waals surface area contributed by atoms with Crippen molar-refractivity contribution >= 4 is 68.2 Å². The van der Waals surface area contributed by atoms with Crippen molar-refractivity contribution in [2.24, 2.45) is 11.1 Å². The number of methoxy groups -OCH3 is 1. The van der Waals surface area contributed by atoms with Crippen LogP contribution in [-0.2, 0) is 35.7 Å². The predicted molar refractivity (Wildman–Crippen MR) is 180 cm³/mol. The van der Waals surface area contributed by atoms with Gasteiger partial charge in [0.15, 0.2) is 11.5 Å². The monoisotopic (exact) mass is 724 g/mol. The molecule has 4 aromatic rings. The SMILES string of the molecule is CCOC(=O)c1ccc(N2C(=O)C3Sc4c(sc(=O)n4CC(=O)Nc4ccc(S(N)(=O)=O)cc4)C(c4ccc(O)c(OC)c4)C3C2=O)cc1. The maximum Gasteiger partial charge on any atom is 0.338 e. The molecule has 3 unspecified atom stereocenters. The lowest BCUT2D eigenvalue weighted by Gasteiger charge is -2.31. The number of aromatic hydroxyl groups is 1. The summed E-state index contributed by atoms with van der Waals surface area (Å²) in [5.41, 5.74) is 1.25. The minimum Gasteiger partial charge on any atom is -0.504 e. The Hall–Kier alpha value is -4.97. The number of benzene rings is 3. The molecular formula is C32H28N4O10S3. The smallest absolute Gasteiger partial charge is 0.338 e. The summed E-state index contributed by atoms with van der Waals surface area (Å²) in [4.78, 5) is 67.8. The number of rotatable bonds is 9. The zero-order valence-corrected chi connectivity index (χ0v) is 28.3. The van der Waals surface area contributed by atoms with Crippen molar-refractivity contribution in [3.05, 3.63) is 92.4 Å². The van der Waals surface area contributed by atoms with E-state index in [4.69, 9.17) is 14.6 Å². The highest BCUT2D eigenvalue weighted by molar-refractivity contribution is 8.00. The van der Waals surface area contributed by atoms with E-state index in [0.29, 0.717) is 15.5 Å². The van der Waals surface area contributed by atoms with Gasteiger partial charge in [-0.3, -0.25) is 23.7 Å². The number of anilines is 2. The Bertz CT molecular complexity index is 2160. The lowest BCUT2D eigenvalue weighted by Crippen LogP contribution is -2.33. The number of carbonyl (C=O) groups is 4. The molecule has 2 aliphatic heterocycles. The second kappa shape index (κ2) is 13.1. The van der Waals surface area contributed by atoms with Gasteiger partial charge in [-0.25, -0.2) is 23.3 Å². The van der Waals surface area contributed by atoms with Crippen LogP contribution in [-0.4, -0.2) is 60.7 Å². The number of nitrogens with one attached hydrogen (secondary N) is 1. The summed E-state index contributed by atoms with van der Waals surface area (Å²) in [6, 6.07) is 15.6. The van der Waals surface area contributed by atoms with Gasteiger partial charge in [0.25, 0.3) is 0 Å². The van der Waals surface area contributed by atoms with Crippen molar-refractivity contribution in [2.45, 2.75) is 34.6 Å². The normalized spacial score (nSPS) is 18.5. The average molecular weight is 725 g/mol. The van der Waals surface area contributed by atoms with Gasteiger partial charge in [0.05, 0.1) is 40.8 Å². The average Bonchev–Trinajstić information content (AvgIpc) is 3.51. The van der Waals surface area contributed by atoms with Crippen LogP contribution in [0.1, 0.15) is 33.6 Å². The Morgan fingerprint density at radius 1 is 1.00 bits per heavy atom. The molecule has 0 spiro atoms. The van der Waals surface area contributed by atoms with Gasteiger partial charge < -0.3 is 19.9 Å². The van der Waals surface area contributed by atoms with Crippen LogP contribution in [0.25, 0.3) is 0 Å². The molecule has 3 aromatic carbocycles. The van der Waals surface area contributed by atoms with E-state index < -0.39 is 62.2 Å². The minimum atomic E-state index is -3.94. The number of hydrogen-bond donors (Lipinski definition) is 3. The molecule has 1 aromatic heterocycles. The Morgan fingerprint density at radius 3 is 2.33 bits per heavy atom. The van der Waals surface area contributed by atoms with Crippen molar-refractivity contribution in [2.75, 3.05) is 23.9 Å². The van der Waals surface area contributed by atoms with Gasteiger partial charge in [0.1, 0.15) is 11.8 Å². The van der Waals surface area contributed by atoms with Crippen LogP contribution >= 0.6 is 23.1 Å². The van der Waals surface area contributed by atoms with Crippen molar-refractivity contribution < 1.29 is 42.2 Å². The van der Waals surface area contributed by atoms with Crippen LogP contribution in [0, 0.1) is 5.92 Å². The first-order valence-corrected chi connectivity index (χ1v) is 17.9. The zero-order chi connectivity index (χ0) is 35.2. The number of amides is 3. The summed E-state index contributed by atoms with van der Waals surface area (Å²) < 4.78 is 34.7. The molecule has 0 saturated carbocycles. The van der Waals surface area contributed by atoms with Gasteiger partial charge in [0, 0.05) is 16.5 Å². The fourth-order valence-corrected chi connectivity index (χ4v) is 9.08. The van der Waals surface area contributed by atoms with Gasteiger partial charge >= 0.3 is 10.8 Å². The number of thioether (sulfide) groups is 1. The number of nitrogens with two attached hydrogens (primary N) is 1. The van der Waals surface area contributed by atoms with Crippen molar-refractivity contribution in [1.82, 2.24) is 4.57 Å². The van der Waals surface area contributed by atoms with E-state index >= 15 is 0 Å². The second-order valence-electron chi connectivity index (χ2n) is 11.0. The number of phenolic OH excluding ortho intramolecular Hbond substituents is 1. The zero-order valence-electron chi connectivity index (χ0n) is 25.8. The third kappa shape index (κ3) is 6.32. The van der Waals surface area contributed by atoms with Crippen LogP contribution in [0.2, 0.25) is 0 Å². The first-order valence-electron chi connectivity index (χ1n) is 14.7. The number of thiazole rings is 1. The summed E-state index contributed by atoms with van der Waals surface area (Å²) in [5, 5.41) is 17.4. The number of nitrogens with zero attached hydrogens (tertiary/aromatic N) is 2. The molecule has 0 bridgehead atoms. The highest BCUT2D eigenvalue weighted by atomic mass is 32.2. The van der Waals surface area contributed by atoms with E-state index in [0.717, 1.165) is 28.0 Å². The van der Waals surface area contributed by atoms with E-state index in [1.807, 2.05) is 0 Å². The van der Waals surface area contributed by atoms with Gasteiger partial charge in [-0.15, -0.1) is 0 Å². The number of esters is 1. The Morgan fingerprint density at radius 2 is 1.69 bits per heavy atom. The number of primary sulfonamides is 1. The molecule has 1 saturated heterocycles. The molecule has 3 amide bonds. The van der Waals surface area contributed by atoms with Gasteiger partial charge in [-0.2, -0.15) is 0 Å². The van der Waals surface area contributed by atoms with E-state index in [9.17, 15) is 37.5 Å². The highest BCUT2D eigenvalue weighted by Crippen LogP contribution is 2.54. The third-order valence-electron chi connectivity index (χ3n) is 8.02. The first-order chi connectivity index (χ1) is 23.3. The van der Waals surface area contributed by atoms with Crippen LogP contribution in [0.5, 0.6) is 11.5 Å². The lowest BCUT2D eigenvalue weighted by molar-refractivity contribution is -0.122. The van der Waals surface area contributed by atoms with Gasteiger partial charge in [-0.05, 0) is 73.2 Å². The van der Waals surface area contributed by atoms with Crippen LogP contribution in [0.15, 0.2) is 81.4 Å². The molecule has 0 radical (unpaired) electrons. The third-order valence-corrected chi connectivity index (χ3v) is 11.6. The molecule has 14 nitrogen and oxygen atoms in total. The Labute approximate surface area is 287 Å². The van der Waals surface area contributed by atoms with Crippen molar-refractivity contribution in [3.63, 3.8) is 0 Å². The second-order valence-corrected chi connectivity index (χ2v) is 14.7. The fourth-order valence-electron chi connectivity index (χ4n) is 5.79. The molecular weight excluding hydrogens is 697 g/mol. The summed E-state index contributed by atoms with van der Waals surface area (Å²) in [7, 11) is -2.57. The molecule has 6 rings (SSSR count). The number of carbonyl (C=O) groups excluding carboxylic acids is 4. The maximum absolute atomic E-state index is 14.2. The summed E-state index contributed by atoms with van der Waals surface area (Å²) in [5.74, 6) is -4.05. The molecule has 254 valence electrons. The quantitative estimate of drug-likeness (QED) is 0.169. The van der Waals surface area contributed by atoms with Gasteiger partial charge in [-0.1, -0.05) is 29.2 Å². The molecule has 3 atom stereocenters. The first kappa shape index (κ1) is 33.9. The molecule has 49 heavy (non-hydrogen) atoms. The molecule has 17 heteroatoms. The number of imide groups is 1. The topological polar surface area (TPSA) is 204 Å². The molecule has 4 N–H and O–H groups in total. The largest absolute Gasteiger partial charge is 0.504 e. The lowest BCUT2D eigenvalue weighted by atomic mass is 9.83. The maximum atomic E-state index is 14.2. The minimum absolute atomic E-state index is 0.122. The Kier molecular flexibility index (Phi) is 9.10.